The highest BCUT2D eigenvalue weighted by Crippen LogP contribution is 2.23. The number of rotatable bonds is 20. The van der Waals surface area contributed by atoms with Crippen LogP contribution in [0.5, 0.6) is 5.75 Å². The number of aliphatic hydroxyl groups excluding tert-OH is 2. The van der Waals surface area contributed by atoms with Gasteiger partial charge in [0.2, 0.25) is 0 Å². The first-order valence-corrected chi connectivity index (χ1v) is 14.8. The summed E-state index contributed by atoms with van der Waals surface area (Å²) in [5.41, 5.74) is 5.80. The van der Waals surface area contributed by atoms with Crippen molar-refractivity contribution >= 4 is 5.97 Å². The number of aryl methyl sites for hydroxylation is 2. The van der Waals surface area contributed by atoms with Crippen molar-refractivity contribution < 1.29 is 30.0 Å². The lowest BCUT2D eigenvalue weighted by Gasteiger charge is -2.14. The summed E-state index contributed by atoms with van der Waals surface area (Å²) in [5, 5.41) is 41.3. The van der Waals surface area contributed by atoms with Crippen molar-refractivity contribution in [1.82, 2.24) is 5.32 Å². The number of ether oxygens (including phenoxy) is 1. The molecule has 222 valence electrons. The van der Waals surface area contributed by atoms with Crippen LogP contribution < -0.4 is 5.32 Å². The fourth-order valence-corrected chi connectivity index (χ4v) is 4.76. The summed E-state index contributed by atoms with van der Waals surface area (Å²) >= 11 is 0. The Kier molecular flexibility index (Phi) is 14.4. The molecule has 5 N–H and O–H groups in total. The van der Waals surface area contributed by atoms with E-state index in [1.807, 2.05) is 12.1 Å². The van der Waals surface area contributed by atoms with Gasteiger partial charge in [-0.15, -0.1) is 0 Å². The van der Waals surface area contributed by atoms with Crippen LogP contribution in [-0.4, -0.2) is 52.7 Å². The summed E-state index contributed by atoms with van der Waals surface area (Å²) in [6, 6.07) is 21.6. The standard InChI is InChI=1S/C34H45NO6/c36-25-31-23-30(16-17-32(31)37)33(38)24-35-19-4-1-2-5-20-41-21-6-3-8-27-9-7-10-29(22-27)28-14-11-26(12-15-28)13-18-34(39)40/h7,9-12,14-17,22-23,33,35-38H,1-6,8,13,18-21,24-25H2,(H,39,40)/t33-/m0/s1. The average Bonchev–Trinajstić information content (AvgIpc) is 2.99. The molecule has 3 rings (SSSR count). The number of nitrogens with one attached hydrogen (secondary N) is 1. The maximum Gasteiger partial charge on any atom is 0.303 e. The van der Waals surface area contributed by atoms with Gasteiger partial charge in [0.1, 0.15) is 5.75 Å². The number of hydrogen-bond donors (Lipinski definition) is 5. The Morgan fingerprint density at radius 3 is 2.32 bits per heavy atom. The lowest BCUT2D eigenvalue weighted by Crippen LogP contribution is -2.22. The van der Waals surface area contributed by atoms with Crippen LogP contribution in [0.25, 0.3) is 11.1 Å². The Labute approximate surface area is 243 Å². The average molecular weight is 564 g/mol. The number of carboxylic acids is 1. The van der Waals surface area contributed by atoms with Crippen LogP contribution in [0.1, 0.15) is 73.3 Å². The summed E-state index contributed by atoms with van der Waals surface area (Å²) < 4.78 is 5.82. The molecule has 1 atom stereocenters. The quantitative estimate of drug-likeness (QED) is 0.110. The zero-order valence-electron chi connectivity index (χ0n) is 23.9. The Morgan fingerprint density at radius 1 is 0.805 bits per heavy atom. The number of carbonyl (C=O) groups is 1. The molecule has 0 aliphatic carbocycles. The molecule has 0 fully saturated rings. The number of aliphatic carboxylic acids is 1. The zero-order valence-corrected chi connectivity index (χ0v) is 23.9. The second-order valence-electron chi connectivity index (χ2n) is 10.5. The largest absolute Gasteiger partial charge is 0.508 e. The number of hydrogen-bond acceptors (Lipinski definition) is 6. The number of phenols is 1. The van der Waals surface area contributed by atoms with Crippen molar-refractivity contribution in [2.75, 3.05) is 26.3 Å². The first kappa shape index (κ1) is 32.3. The van der Waals surface area contributed by atoms with E-state index in [4.69, 9.17) is 9.84 Å². The predicted octanol–water partition coefficient (Wildman–Crippen LogP) is 5.79. The van der Waals surface area contributed by atoms with Crippen molar-refractivity contribution in [2.24, 2.45) is 0 Å². The van der Waals surface area contributed by atoms with Gasteiger partial charge in [-0.25, -0.2) is 0 Å². The van der Waals surface area contributed by atoms with Crippen LogP contribution in [0, 0.1) is 0 Å². The molecule has 7 nitrogen and oxygen atoms in total. The molecule has 0 bridgehead atoms. The third kappa shape index (κ3) is 12.0. The minimum atomic E-state index is -0.769. The SMILES string of the molecule is O=C(O)CCc1ccc(-c2cccc(CCCCOCCCCCCNC[C@H](O)c3ccc(O)c(CO)c3)c2)cc1. The molecule has 41 heavy (non-hydrogen) atoms. The monoisotopic (exact) mass is 563 g/mol. The highest BCUT2D eigenvalue weighted by atomic mass is 16.5. The molecule has 0 saturated heterocycles. The Balaban J connectivity index is 1.18. The van der Waals surface area contributed by atoms with Crippen molar-refractivity contribution in [3.8, 4) is 16.9 Å². The Morgan fingerprint density at radius 2 is 1.56 bits per heavy atom. The lowest BCUT2D eigenvalue weighted by atomic mass is 9.99. The van der Waals surface area contributed by atoms with Gasteiger partial charge in [-0.2, -0.15) is 0 Å². The summed E-state index contributed by atoms with van der Waals surface area (Å²) in [7, 11) is 0. The van der Waals surface area contributed by atoms with Gasteiger partial charge in [0.15, 0.2) is 0 Å². The summed E-state index contributed by atoms with van der Waals surface area (Å²) in [6.45, 7) is 2.59. The van der Waals surface area contributed by atoms with Gasteiger partial charge in [-0.3, -0.25) is 4.79 Å². The number of carboxylic acid groups (broad SMARTS) is 1. The molecule has 0 unspecified atom stereocenters. The molecule has 0 spiro atoms. The fraction of sp³-hybridized carbons (Fsp3) is 0.441. The van der Waals surface area contributed by atoms with Gasteiger partial charge >= 0.3 is 5.97 Å². The molecule has 3 aromatic rings. The topological polar surface area (TPSA) is 119 Å². The normalized spacial score (nSPS) is 12.0. The number of benzene rings is 3. The second kappa shape index (κ2) is 18.3. The van der Waals surface area contributed by atoms with E-state index in [2.05, 4.69) is 41.7 Å². The van der Waals surface area contributed by atoms with Gasteiger partial charge in [-0.05, 0) is 85.0 Å². The third-order valence-electron chi connectivity index (χ3n) is 7.23. The summed E-state index contributed by atoms with van der Waals surface area (Å²) in [6.07, 6.45) is 7.50. The first-order valence-electron chi connectivity index (χ1n) is 14.8. The number of aliphatic hydroxyl groups is 2. The minimum absolute atomic E-state index is 0.0406. The molecule has 0 aliphatic rings. The van der Waals surface area contributed by atoms with Crippen LogP contribution in [0.15, 0.2) is 66.7 Å². The van der Waals surface area contributed by atoms with E-state index in [1.54, 1.807) is 12.1 Å². The lowest BCUT2D eigenvalue weighted by molar-refractivity contribution is -0.136. The summed E-state index contributed by atoms with van der Waals surface area (Å²) in [4.78, 5) is 10.8. The van der Waals surface area contributed by atoms with Crippen LogP contribution in [-0.2, 0) is 29.0 Å². The first-order chi connectivity index (χ1) is 20.0. The van der Waals surface area contributed by atoms with Crippen molar-refractivity contribution in [3.63, 3.8) is 0 Å². The molecular weight excluding hydrogens is 518 g/mol. The minimum Gasteiger partial charge on any atom is -0.508 e. The molecule has 0 radical (unpaired) electrons. The molecule has 0 heterocycles. The van der Waals surface area contributed by atoms with Crippen LogP contribution in [0.4, 0.5) is 0 Å². The number of unbranched alkanes of at least 4 members (excludes halogenated alkanes) is 4. The zero-order chi connectivity index (χ0) is 29.3. The van der Waals surface area contributed by atoms with Crippen molar-refractivity contribution in [2.45, 2.75) is 70.5 Å². The fourth-order valence-electron chi connectivity index (χ4n) is 4.76. The van der Waals surface area contributed by atoms with Gasteiger partial charge in [0.25, 0.3) is 0 Å². The highest BCUT2D eigenvalue weighted by molar-refractivity contribution is 5.67. The smallest absolute Gasteiger partial charge is 0.303 e. The molecular formula is C34H45NO6. The third-order valence-corrected chi connectivity index (χ3v) is 7.23. The van der Waals surface area contributed by atoms with Gasteiger partial charge in [-0.1, -0.05) is 67.4 Å². The van der Waals surface area contributed by atoms with E-state index >= 15 is 0 Å². The molecule has 3 aromatic carbocycles. The van der Waals surface area contributed by atoms with E-state index in [9.17, 15) is 20.1 Å². The van der Waals surface area contributed by atoms with E-state index in [0.29, 0.717) is 24.1 Å². The van der Waals surface area contributed by atoms with Crippen LogP contribution >= 0.6 is 0 Å². The van der Waals surface area contributed by atoms with E-state index in [1.165, 1.54) is 17.2 Å². The maximum absolute atomic E-state index is 10.8. The molecule has 0 aliphatic heterocycles. The van der Waals surface area contributed by atoms with E-state index in [0.717, 1.165) is 75.8 Å². The number of aromatic hydroxyl groups is 1. The molecule has 7 heteroatoms. The summed E-state index contributed by atoms with van der Waals surface area (Å²) in [5.74, 6) is -0.729. The van der Waals surface area contributed by atoms with Gasteiger partial charge in [0.05, 0.1) is 12.7 Å². The van der Waals surface area contributed by atoms with Crippen molar-refractivity contribution in [1.29, 1.82) is 0 Å². The van der Waals surface area contributed by atoms with Crippen LogP contribution in [0.3, 0.4) is 0 Å². The van der Waals surface area contributed by atoms with Crippen molar-refractivity contribution in [3.05, 3.63) is 89.0 Å². The second-order valence-corrected chi connectivity index (χ2v) is 10.5. The van der Waals surface area contributed by atoms with Crippen LogP contribution in [0.2, 0.25) is 0 Å². The molecule has 0 amide bonds. The molecule has 0 aromatic heterocycles. The Bertz CT molecular complexity index is 1180. The Hall–Kier alpha value is -3.23. The van der Waals surface area contributed by atoms with E-state index in [-0.39, 0.29) is 18.8 Å². The van der Waals surface area contributed by atoms with Gasteiger partial charge in [0, 0.05) is 31.7 Å². The molecule has 0 saturated carbocycles. The highest BCUT2D eigenvalue weighted by Gasteiger charge is 2.10. The predicted molar refractivity (Wildman–Crippen MR) is 162 cm³/mol. The maximum atomic E-state index is 10.8. The van der Waals surface area contributed by atoms with Gasteiger partial charge < -0.3 is 30.5 Å². The van der Waals surface area contributed by atoms with E-state index < -0.39 is 12.1 Å².